The lowest BCUT2D eigenvalue weighted by molar-refractivity contribution is -0.125. The maximum atomic E-state index is 12.9. The highest BCUT2D eigenvalue weighted by molar-refractivity contribution is 5.79. The van der Waals surface area contributed by atoms with Crippen molar-refractivity contribution in [2.45, 2.75) is 6.42 Å². The lowest BCUT2D eigenvalue weighted by atomic mass is 10.1. The van der Waals surface area contributed by atoms with E-state index in [2.05, 4.69) is 10.5 Å². The van der Waals surface area contributed by atoms with Crippen molar-refractivity contribution in [2.24, 2.45) is 5.16 Å². The third-order valence-electron chi connectivity index (χ3n) is 2.97. The number of halogens is 2. The van der Waals surface area contributed by atoms with Crippen LogP contribution in [0.1, 0.15) is 11.1 Å². The van der Waals surface area contributed by atoms with Crippen LogP contribution in [0.25, 0.3) is 0 Å². The molecule has 0 saturated heterocycles. The summed E-state index contributed by atoms with van der Waals surface area (Å²) in [5, 5.41) is 6.27. The van der Waals surface area contributed by atoms with Crippen molar-refractivity contribution in [3.8, 4) is 0 Å². The third kappa shape index (κ3) is 6.25. The highest BCUT2D eigenvalue weighted by Crippen LogP contribution is 2.03. The Morgan fingerprint density at radius 1 is 1.13 bits per heavy atom. The molecule has 0 aliphatic rings. The van der Waals surface area contributed by atoms with Crippen LogP contribution in [0.5, 0.6) is 0 Å². The first kappa shape index (κ1) is 16.6. The van der Waals surface area contributed by atoms with E-state index in [0.29, 0.717) is 18.5 Å². The molecule has 6 heteroatoms. The summed E-state index contributed by atoms with van der Waals surface area (Å²) in [6.45, 7) is 0.191. The molecule has 0 atom stereocenters. The Balaban J connectivity index is 1.64. The topological polar surface area (TPSA) is 50.7 Å². The van der Waals surface area contributed by atoms with Gasteiger partial charge in [-0.2, -0.15) is 0 Å². The molecule has 120 valence electrons. The van der Waals surface area contributed by atoms with E-state index in [4.69, 9.17) is 4.84 Å². The van der Waals surface area contributed by atoms with E-state index in [-0.39, 0.29) is 24.1 Å². The molecule has 1 amide bonds. The van der Waals surface area contributed by atoms with Gasteiger partial charge in [0, 0.05) is 6.54 Å². The zero-order valence-corrected chi connectivity index (χ0v) is 12.3. The molecule has 1 N–H and O–H groups in total. The summed E-state index contributed by atoms with van der Waals surface area (Å²) in [5.41, 5.74) is 1.47. The number of amides is 1. The highest BCUT2D eigenvalue weighted by atomic mass is 19.1. The first-order valence-electron chi connectivity index (χ1n) is 7.05. The average molecular weight is 318 g/mol. The smallest absolute Gasteiger partial charge is 0.260 e. The number of carbonyl (C=O) groups is 1. The summed E-state index contributed by atoms with van der Waals surface area (Å²) < 4.78 is 25.7. The number of benzene rings is 2. The minimum atomic E-state index is -0.368. The molecule has 0 saturated carbocycles. The van der Waals surface area contributed by atoms with E-state index in [1.165, 1.54) is 30.5 Å². The van der Waals surface area contributed by atoms with Gasteiger partial charge in [-0.05, 0) is 41.8 Å². The molecule has 0 aliphatic heterocycles. The molecule has 2 rings (SSSR count). The molecule has 2 aromatic carbocycles. The molecule has 0 fully saturated rings. The molecule has 2 aromatic rings. The van der Waals surface area contributed by atoms with Gasteiger partial charge in [0.1, 0.15) is 11.6 Å². The number of hydrogen-bond acceptors (Lipinski definition) is 3. The van der Waals surface area contributed by atoms with Crippen molar-refractivity contribution in [3.05, 3.63) is 71.3 Å². The van der Waals surface area contributed by atoms with Gasteiger partial charge in [-0.3, -0.25) is 4.79 Å². The Hall–Kier alpha value is -2.76. The summed E-state index contributed by atoms with van der Waals surface area (Å²) in [5.74, 6) is -0.974. The average Bonchev–Trinajstić information content (AvgIpc) is 2.54. The number of carbonyl (C=O) groups excluding carboxylic acids is 1. The molecular formula is C17H16F2N2O2. The molecular weight excluding hydrogens is 302 g/mol. The normalized spacial score (nSPS) is 10.7. The predicted octanol–water partition coefficient (Wildman–Crippen LogP) is 2.67. The number of nitrogens with one attached hydrogen (secondary N) is 1. The number of oxime groups is 1. The van der Waals surface area contributed by atoms with Gasteiger partial charge in [0.2, 0.25) is 0 Å². The predicted molar refractivity (Wildman–Crippen MR) is 83.1 cm³/mol. The standard InChI is InChI=1S/C17H16F2N2O2/c18-15-6-4-13(5-7-15)8-9-20-17(22)12-23-21-11-14-2-1-3-16(19)10-14/h1-7,10-11H,8-9,12H2,(H,20,22)/b21-11-. The molecule has 0 bridgehead atoms. The summed E-state index contributed by atoms with van der Waals surface area (Å²) in [7, 11) is 0. The Bertz CT molecular complexity index is 673. The highest BCUT2D eigenvalue weighted by Gasteiger charge is 2.01. The van der Waals surface area contributed by atoms with Crippen molar-refractivity contribution in [1.82, 2.24) is 5.32 Å². The SMILES string of the molecule is O=C(CO/N=C\c1cccc(F)c1)NCCc1ccc(F)cc1. The summed E-state index contributed by atoms with van der Waals surface area (Å²) in [6, 6.07) is 11.9. The van der Waals surface area contributed by atoms with Gasteiger partial charge >= 0.3 is 0 Å². The van der Waals surface area contributed by atoms with Crippen LogP contribution in [-0.4, -0.2) is 25.3 Å². The molecule has 0 heterocycles. The van der Waals surface area contributed by atoms with Gasteiger partial charge in [0.15, 0.2) is 6.61 Å². The second-order valence-electron chi connectivity index (χ2n) is 4.79. The fourth-order valence-corrected chi connectivity index (χ4v) is 1.83. The zero-order valence-electron chi connectivity index (χ0n) is 12.3. The minimum absolute atomic E-state index is 0.227. The van der Waals surface area contributed by atoms with Crippen LogP contribution in [0.3, 0.4) is 0 Å². The number of rotatable bonds is 7. The third-order valence-corrected chi connectivity index (χ3v) is 2.97. The van der Waals surface area contributed by atoms with Crippen LogP contribution in [0.2, 0.25) is 0 Å². The maximum Gasteiger partial charge on any atom is 0.260 e. The first-order valence-corrected chi connectivity index (χ1v) is 7.05. The van der Waals surface area contributed by atoms with Crippen LogP contribution in [0, 0.1) is 11.6 Å². The van der Waals surface area contributed by atoms with Crippen molar-refractivity contribution in [1.29, 1.82) is 0 Å². The van der Waals surface area contributed by atoms with Crippen molar-refractivity contribution in [2.75, 3.05) is 13.2 Å². The molecule has 23 heavy (non-hydrogen) atoms. The summed E-state index contributed by atoms with van der Waals surface area (Å²) in [6.07, 6.45) is 1.92. The lowest BCUT2D eigenvalue weighted by Crippen LogP contribution is -2.28. The molecule has 0 unspecified atom stereocenters. The van der Waals surface area contributed by atoms with E-state index in [1.54, 1.807) is 24.3 Å². The maximum absolute atomic E-state index is 12.9. The van der Waals surface area contributed by atoms with Crippen LogP contribution in [0.15, 0.2) is 53.7 Å². The summed E-state index contributed by atoms with van der Waals surface area (Å²) >= 11 is 0. The number of hydrogen-bond donors (Lipinski definition) is 1. The van der Waals surface area contributed by atoms with Gasteiger partial charge in [-0.15, -0.1) is 0 Å². The van der Waals surface area contributed by atoms with E-state index < -0.39 is 0 Å². The van der Waals surface area contributed by atoms with Gasteiger partial charge in [0.25, 0.3) is 5.91 Å². The van der Waals surface area contributed by atoms with E-state index >= 15 is 0 Å². The Morgan fingerprint density at radius 2 is 1.91 bits per heavy atom. The lowest BCUT2D eigenvalue weighted by Gasteiger charge is -2.04. The largest absolute Gasteiger partial charge is 0.386 e. The van der Waals surface area contributed by atoms with Crippen LogP contribution in [-0.2, 0) is 16.1 Å². The molecule has 0 spiro atoms. The van der Waals surface area contributed by atoms with Crippen LogP contribution < -0.4 is 5.32 Å². The first-order chi connectivity index (χ1) is 11.1. The Labute approximate surface area is 132 Å². The monoisotopic (exact) mass is 318 g/mol. The van der Waals surface area contributed by atoms with Gasteiger partial charge < -0.3 is 10.2 Å². The fraction of sp³-hybridized carbons (Fsp3) is 0.176. The van der Waals surface area contributed by atoms with Crippen molar-refractivity contribution < 1.29 is 18.4 Å². The second kappa shape index (κ2) is 8.63. The van der Waals surface area contributed by atoms with E-state index in [1.807, 2.05) is 0 Å². The molecule has 4 nitrogen and oxygen atoms in total. The fourth-order valence-electron chi connectivity index (χ4n) is 1.83. The van der Waals surface area contributed by atoms with Crippen LogP contribution >= 0.6 is 0 Å². The zero-order chi connectivity index (χ0) is 16.5. The van der Waals surface area contributed by atoms with E-state index in [9.17, 15) is 13.6 Å². The minimum Gasteiger partial charge on any atom is -0.386 e. The quantitative estimate of drug-likeness (QED) is 0.630. The van der Waals surface area contributed by atoms with Crippen molar-refractivity contribution >= 4 is 12.1 Å². The molecule has 0 radical (unpaired) electrons. The van der Waals surface area contributed by atoms with E-state index in [0.717, 1.165) is 5.56 Å². The Morgan fingerprint density at radius 3 is 2.65 bits per heavy atom. The van der Waals surface area contributed by atoms with Gasteiger partial charge in [-0.1, -0.05) is 29.4 Å². The van der Waals surface area contributed by atoms with Gasteiger partial charge in [0.05, 0.1) is 6.21 Å². The number of nitrogens with zero attached hydrogens (tertiary/aromatic N) is 1. The molecule has 0 aliphatic carbocycles. The molecule has 0 aromatic heterocycles. The van der Waals surface area contributed by atoms with Crippen LogP contribution in [0.4, 0.5) is 8.78 Å². The summed E-state index contributed by atoms with van der Waals surface area (Å²) in [4.78, 5) is 16.4. The Kier molecular flexibility index (Phi) is 6.23. The second-order valence-corrected chi connectivity index (χ2v) is 4.79. The van der Waals surface area contributed by atoms with Gasteiger partial charge in [-0.25, -0.2) is 8.78 Å². The van der Waals surface area contributed by atoms with Crippen molar-refractivity contribution in [3.63, 3.8) is 0 Å².